The molecule has 1 aliphatic rings. The number of piperazine rings is 1. The molecule has 2 aromatic carbocycles. The van der Waals surface area contributed by atoms with E-state index in [1.54, 1.807) is 28.5 Å². The van der Waals surface area contributed by atoms with E-state index in [-0.39, 0.29) is 18.0 Å². The number of amides is 3. The van der Waals surface area contributed by atoms with E-state index in [0.717, 1.165) is 13.1 Å². The maximum atomic E-state index is 13.1. The summed E-state index contributed by atoms with van der Waals surface area (Å²) in [6.45, 7) is 9.12. The number of aryl methyl sites for hydroxylation is 1. The summed E-state index contributed by atoms with van der Waals surface area (Å²) in [5.74, 6) is -0.0710. The van der Waals surface area contributed by atoms with E-state index < -0.39 is 0 Å². The standard InChI is InChI=1S/C26H29Cl2N5O2S/c1-17(2)33(26(35)29-19-8-9-20(27)21(28)14-19)15-24-30-22(16-36-24)25(34)32-12-10-31(11-13-32)23-7-5-4-6-18(23)3/h4-9,14,16-17H,10-13,15H2,1-3H3,(H,29,35). The van der Waals surface area contributed by atoms with Crippen LogP contribution < -0.4 is 10.2 Å². The van der Waals surface area contributed by atoms with Crippen molar-refractivity contribution in [3.05, 3.63) is 74.2 Å². The van der Waals surface area contributed by atoms with Crippen molar-refractivity contribution in [3.8, 4) is 0 Å². The van der Waals surface area contributed by atoms with Crippen molar-refractivity contribution in [2.75, 3.05) is 36.4 Å². The SMILES string of the molecule is Cc1ccccc1N1CCN(C(=O)c2csc(CN(C(=O)Nc3ccc(Cl)c(Cl)c3)C(C)C)n2)CC1. The Balaban J connectivity index is 1.37. The van der Waals surface area contributed by atoms with Crippen molar-refractivity contribution >= 4 is 57.9 Å². The topological polar surface area (TPSA) is 68.8 Å². The molecule has 3 aromatic rings. The predicted molar refractivity (Wildman–Crippen MR) is 148 cm³/mol. The number of urea groups is 1. The molecule has 2 heterocycles. The van der Waals surface area contributed by atoms with Gasteiger partial charge in [0.05, 0.1) is 16.6 Å². The quantitative estimate of drug-likeness (QED) is 0.402. The summed E-state index contributed by atoms with van der Waals surface area (Å²) in [5, 5.41) is 6.13. The molecule has 0 bridgehead atoms. The summed E-state index contributed by atoms with van der Waals surface area (Å²) in [6, 6.07) is 12.9. The van der Waals surface area contributed by atoms with Crippen molar-refractivity contribution in [2.24, 2.45) is 0 Å². The number of halogens is 2. The second-order valence-corrected chi connectivity index (χ2v) is 10.7. The summed E-state index contributed by atoms with van der Waals surface area (Å²) < 4.78 is 0. The number of hydrogen-bond donors (Lipinski definition) is 1. The number of anilines is 2. The van der Waals surface area contributed by atoms with Crippen LogP contribution in [0, 0.1) is 6.92 Å². The number of nitrogens with zero attached hydrogens (tertiary/aromatic N) is 4. The highest BCUT2D eigenvalue weighted by molar-refractivity contribution is 7.09. The van der Waals surface area contributed by atoms with Gasteiger partial charge in [0.25, 0.3) is 5.91 Å². The van der Waals surface area contributed by atoms with Crippen molar-refractivity contribution < 1.29 is 9.59 Å². The minimum atomic E-state index is -0.279. The Morgan fingerprint density at radius 3 is 2.47 bits per heavy atom. The van der Waals surface area contributed by atoms with Gasteiger partial charge in [0, 0.05) is 49.0 Å². The second-order valence-electron chi connectivity index (χ2n) is 8.97. The highest BCUT2D eigenvalue weighted by Gasteiger charge is 2.26. The van der Waals surface area contributed by atoms with Gasteiger partial charge in [0.1, 0.15) is 10.7 Å². The molecule has 0 radical (unpaired) electrons. The number of rotatable bonds is 6. The number of hydrogen-bond acceptors (Lipinski definition) is 5. The van der Waals surface area contributed by atoms with Crippen LogP contribution in [0.25, 0.3) is 0 Å². The Morgan fingerprint density at radius 1 is 1.08 bits per heavy atom. The van der Waals surface area contributed by atoms with Crippen molar-refractivity contribution in [1.82, 2.24) is 14.8 Å². The normalized spacial score (nSPS) is 13.7. The highest BCUT2D eigenvalue weighted by Crippen LogP contribution is 2.26. The average molecular weight is 547 g/mol. The molecule has 1 N–H and O–H groups in total. The van der Waals surface area contributed by atoms with E-state index in [1.807, 2.05) is 30.9 Å². The molecule has 3 amide bonds. The highest BCUT2D eigenvalue weighted by atomic mass is 35.5. The van der Waals surface area contributed by atoms with Crippen molar-refractivity contribution in [1.29, 1.82) is 0 Å². The third-order valence-corrected chi connectivity index (χ3v) is 7.73. The summed E-state index contributed by atoms with van der Waals surface area (Å²) in [6.07, 6.45) is 0. The van der Waals surface area contributed by atoms with Crippen LogP contribution in [-0.4, -0.2) is 58.9 Å². The average Bonchev–Trinajstić information content (AvgIpc) is 3.33. The molecule has 0 saturated carbocycles. The molecule has 0 atom stereocenters. The summed E-state index contributed by atoms with van der Waals surface area (Å²) >= 11 is 13.4. The zero-order valence-corrected chi connectivity index (χ0v) is 22.8. The molecule has 10 heteroatoms. The van der Waals surface area contributed by atoms with Gasteiger partial charge < -0.3 is 20.0 Å². The van der Waals surface area contributed by atoms with E-state index in [1.165, 1.54) is 22.6 Å². The maximum Gasteiger partial charge on any atom is 0.322 e. The minimum Gasteiger partial charge on any atom is -0.368 e. The molecule has 0 aliphatic carbocycles. The van der Waals surface area contributed by atoms with Gasteiger partial charge in [0.15, 0.2) is 0 Å². The van der Waals surface area contributed by atoms with Crippen LogP contribution in [0.15, 0.2) is 47.8 Å². The van der Waals surface area contributed by atoms with Gasteiger partial charge in [-0.25, -0.2) is 9.78 Å². The number of benzene rings is 2. The van der Waals surface area contributed by atoms with E-state index in [9.17, 15) is 9.59 Å². The lowest BCUT2D eigenvalue weighted by Gasteiger charge is -2.36. The number of aromatic nitrogens is 1. The first-order valence-electron chi connectivity index (χ1n) is 11.8. The number of nitrogens with one attached hydrogen (secondary N) is 1. The predicted octanol–water partition coefficient (Wildman–Crippen LogP) is 6.16. The van der Waals surface area contributed by atoms with Gasteiger partial charge in [-0.1, -0.05) is 41.4 Å². The Bertz CT molecular complexity index is 1240. The van der Waals surface area contributed by atoms with Gasteiger partial charge in [0.2, 0.25) is 0 Å². The van der Waals surface area contributed by atoms with Crippen LogP contribution in [0.1, 0.15) is 34.9 Å². The van der Waals surface area contributed by atoms with Crippen LogP contribution >= 0.6 is 34.5 Å². The van der Waals surface area contributed by atoms with Crippen molar-refractivity contribution in [3.63, 3.8) is 0 Å². The third-order valence-electron chi connectivity index (χ3n) is 6.15. The lowest BCUT2D eigenvalue weighted by molar-refractivity contribution is 0.0741. The summed E-state index contributed by atoms with van der Waals surface area (Å²) in [7, 11) is 0. The number of para-hydroxylation sites is 1. The summed E-state index contributed by atoms with van der Waals surface area (Å²) in [4.78, 5) is 36.5. The first-order valence-corrected chi connectivity index (χ1v) is 13.4. The first kappa shape index (κ1) is 26.3. The minimum absolute atomic E-state index is 0.0710. The van der Waals surface area contributed by atoms with Crippen LogP contribution in [0.5, 0.6) is 0 Å². The van der Waals surface area contributed by atoms with Gasteiger partial charge in [-0.2, -0.15) is 0 Å². The van der Waals surface area contributed by atoms with Gasteiger partial charge in [-0.05, 0) is 50.6 Å². The smallest absolute Gasteiger partial charge is 0.322 e. The van der Waals surface area contributed by atoms with E-state index >= 15 is 0 Å². The Labute approximate surface area is 225 Å². The molecule has 0 unspecified atom stereocenters. The van der Waals surface area contributed by atoms with Gasteiger partial charge >= 0.3 is 6.03 Å². The first-order chi connectivity index (χ1) is 17.2. The lowest BCUT2D eigenvalue weighted by Crippen LogP contribution is -2.49. The zero-order valence-electron chi connectivity index (χ0n) is 20.5. The summed E-state index contributed by atoms with van der Waals surface area (Å²) in [5.41, 5.74) is 3.43. The molecule has 7 nitrogen and oxygen atoms in total. The van der Waals surface area contributed by atoms with E-state index in [2.05, 4.69) is 34.3 Å². The second kappa shape index (κ2) is 11.5. The molecular formula is C26H29Cl2N5O2S. The number of carbonyl (C=O) groups is 2. The van der Waals surface area contributed by atoms with Crippen LogP contribution in [0.3, 0.4) is 0 Å². The van der Waals surface area contributed by atoms with Crippen LogP contribution in [0.2, 0.25) is 10.0 Å². The molecular weight excluding hydrogens is 517 g/mol. The number of carbonyl (C=O) groups excluding carboxylic acids is 2. The molecule has 0 spiro atoms. The van der Waals surface area contributed by atoms with Crippen LogP contribution in [0.4, 0.5) is 16.2 Å². The van der Waals surface area contributed by atoms with E-state index in [0.29, 0.717) is 46.1 Å². The molecule has 1 fully saturated rings. The fourth-order valence-electron chi connectivity index (χ4n) is 4.12. The fourth-order valence-corrected chi connectivity index (χ4v) is 5.18. The Morgan fingerprint density at radius 2 is 1.81 bits per heavy atom. The van der Waals surface area contributed by atoms with Crippen molar-refractivity contribution in [2.45, 2.75) is 33.4 Å². The lowest BCUT2D eigenvalue weighted by atomic mass is 10.1. The molecule has 4 rings (SSSR count). The van der Waals surface area contributed by atoms with Crippen LogP contribution in [-0.2, 0) is 6.54 Å². The third kappa shape index (κ3) is 6.11. The molecule has 1 aliphatic heterocycles. The fraction of sp³-hybridized carbons (Fsp3) is 0.346. The van der Waals surface area contributed by atoms with Gasteiger partial charge in [-0.3, -0.25) is 4.79 Å². The molecule has 1 saturated heterocycles. The Hall–Kier alpha value is -2.81. The zero-order chi connectivity index (χ0) is 25.8. The molecule has 1 aromatic heterocycles. The number of thiazole rings is 1. The van der Waals surface area contributed by atoms with Gasteiger partial charge in [-0.15, -0.1) is 11.3 Å². The molecule has 190 valence electrons. The Kier molecular flexibility index (Phi) is 8.39. The monoisotopic (exact) mass is 545 g/mol. The van der Waals surface area contributed by atoms with E-state index in [4.69, 9.17) is 23.2 Å². The molecule has 36 heavy (non-hydrogen) atoms. The maximum absolute atomic E-state index is 13.1. The largest absolute Gasteiger partial charge is 0.368 e.